The fourth-order valence-electron chi connectivity index (χ4n) is 6.87. The van der Waals surface area contributed by atoms with Crippen LogP contribution in [0.5, 0.6) is 11.5 Å². The van der Waals surface area contributed by atoms with Gasteiger partial charge in [-0.05, 0) is 93.3 Å². The van der Waals surface area contributed by atoms with Crippen LogP contribution in [0.1, 0.15) is 82.0 Å². The molecule has 8 heteroatoms. The average Bonchev–Trinajstić information content (AvgIpc) is 2.93. The molecule has 3 aliphatic rings. The Kier molecular flexibility index (Phi) is 8.91. The molecular formula is C32H41ClN2O5. The van der Waals surface area contributed by atoms with E-state index in [1.165, 1.54) is 0 Å². The summed E-state index contributed by atoms with van der Waals surface area (Å²) in [7, 11) is 1.63. The molecule has 2 aromatic carbocycles. The van der Waals surface area contributed by atoms with E-state index in [9.17, 15) is 9.59 Å². The summed E-state index contributed by atoms with van der Waals surface area (Å²) in [4.78, 5) is 30.8. The molecule has 1 aliphatic carbocycles. The monoisotopic (exact) mass is 568 g/mol. The quantitative estimate of drug-likeness (QED) is 0.413. The van der Waals surface area contributed by atoms with Crippen molar-refractivity contribution in [2.75, 3.05) is 20.3 Å². The lowest BCUT2D eigenvalue weighted by atomic mass is 9.82. The number of hydrogen-bond donors (Lipinski definition) is 0. The maximum Gasteiger partial charge on any atom is 0.228 e. The number of nitrogens with zero attached hydrogens (tertiary/aromatic N) is 2. The van der Waals surface area contributed by atoms with Crippen molar-refractivity contribution in [2.45, 2.75) is 96.0 Å². The Hall–Kier alpha value is -2.77. The molecule has 7 nitrogen and oxygen atoms in total. The minimum Gasteiger partial charge on any atom is -0.493 e. The maximum absolute atomic E-state index is 13.9. The van der Waals surface area contributed by atoms with Crippen molar-refractivity contribution in [3.05, 3.63) is 58.1 Å². The molecule has 0 N–H and O–H groups in total. The van der Waals surface area contributed by atoms with E-state index in [-0.39, 0.29) is 42.1 Å². The van der Waals surface area contributed by atoms with Crippen molar-refractivity contribution in [1.29, 1.82) is 0 Å². The highest BCUT2D eigenvalue weighted by atomic mass is 35.5. The molecule has 40 heavy (non-hydrogen) atoms. The lowest BCUT2D eigenvalue weighted by Crippen LogP contribution is -2.53. The van der Waals surface area contributed by atoms with Gasteiger partial charge < -0.3 is 24.0 Å². The molecule has 5 rings (SSSR count). The van der Waals surface area contributed by atoms with Crippen LogP contribution in [0.3, 0.4) is 0 Å². The molecule has 1 saturated carbocycles. The van der Waals surface area contributed by atoms with Gasteiger partial charge in [-0.3, -0.25) is 9.59 Å². The number of amides is 2. The van der Waals surface area contributed by atoms with Crippen molar-refractivity contribution in [1.82, 2.24) is 9.80 Å². The summed E-state index contributed by atoms with van der Waals surface area (Å²) in [6.07, 6.45) is 5.57. The molecular weight excluding hydrogens is 528 g/mol. The van der Waals surface area contributed by atoms with Crippen LogP contribution >= 0.6 is 11.6 Å². The zero-order chi connectivity index (χ0) is 28.4. The molecule has 0 aromatic heterocycles. The van der Waals surface area contributed by atoms with Gasteiger partial charge in [0.15, 0.2) is 11.5 Å². The summed E-state index contributed by atoms with van der Waals surface area (Å²) in [6, 6.07) is 12.1. The van der Waals surface area contributed by atoms with E-state index in [2.05, 4.69) is 15.9 Å². The van der Waals surface area contributed by atoms with Crippen LogP contribution in [-0.2, 0) is 20.7 Å². The van der Waals surface area contributed by atoms with E-state index in [0.29, 0.717) is 36.2 Å². The first-order valence-electron chi connectivity index (χ1n) is 14.6. The van der Waals surface area contributed by atoms with Gasteiger partial charge >= 0.3 is 0 Å². The number of ether oxygens (including phenoxy) is 3. The number of rotatable bonds is 7. The highest BCUT2D eigenvalue weighted by Crippen LogP contribution is 2.45. The molecule has 1 unspecified atom stereocenters. The van der Waals surface area contributed by atoms with Gasteiger partial charge in [0.25, 0.3) is 0 Å². The fourth-order valence-corrected chi connectivity index (χ4v) is 6.99. The summed E-state index contributed by atoms with van der Waals surface area (Å²) in [5.74, 6) is 1.58. The summed E-state index contributed by atoms with van der Waals surface area (Å²) in [5, 5.41) is 0.661. The number of halogens is 1. The second-order valence-electron chi connectivity index (χ2n) is 11.5. The predicted molar refractivity (Wildman–Crippen MR) is 155 cm³/mol. The van der Waals surface area contributed by atoms with Crippen molar-refractivity contribution < 1.29 is 23.8 Å². The zero-order valence-electron chi connectivity index (χ0n) is 24.0. The van der Waals surface area contributed by atoms with Crippen molar-refractivity contribution in [2.24, 2.45) is 0 Å². The average molecular weight is 569 g/mol. The van der Waals surface area contributed by atoms with Crippen molar-refractivity contribution in [3.8, 4) is 11.5 Å². The molecule has 2 aliphatic heterocycles. The van der Waals surface area contributed by atoms with Crippen LogP contribution in [0.25, 0.3) is 0 Å². The maximum atomic E-state index is 13.9. The van der Waals surface area contributed by atoms with Gasteiger partial charge in [-0.15, -0.1) is 0 Å². The van der Waals surface area contributed by atoms with Gasteiger partial charge in [-0.2, -0.15) is 0 Å². The second-order valence-corrected chi connectivity index (χ2v) is 12.0. The number of carbonyl (C=O) groups is 2. The first-order valence-corrected chi connectivity index (χ1v) is 14.9. The normalized spacial score (nSPS) is 23.6. The van der Waals surface area contributed by atoms with Crippen LogP contribution in [0.2, 0.25) is 5.02 Å². The minimum absolute atomic E-state index is 0.0162. The first kappa shape index (κ1) is 28.7. The number of carbonyl (C=O) groups excluding carboxylic acids is 2. The van der Waals surface area contributed by atoms with Crippen LogP contribution in [0.15, 0.2) is 36.4 Å². The van der Waals surface area contributed by atoms with Gasteiger partial charge in [-0.25, -0.2) is 0 Å². The Morgan fingerprint density at radius 3 is 2.25 bits per heavy atom. The van der Waals surface area contributed by atoms with E-state index < -0.39 is 0 Å². The Morgan fingerprint density at radius 1 is 1.00 bits per heavy atom. The number of hydrogen-bond acceptors (Lipinski definition) is 5. The standard InChI is InChI=1S/C32H41ClN2O5/c1-20(2)40-30-19-28-23(17-29(30)38-4)18-31(37)35(32(28)22-5-7-24(33)8-6-22)26-11-9-25(10-12-26)34(21(3)36)27-13-15-39-16-14-27/h5-8,17,19-20,25-27,32H,9-16,18H2,1-4H3/t25-,26-,32?. The zero-order valence-corrected chi connectivity index (χ0v) is 24.8. The van der Waals surface area contributed by atoms with E-state index in [0.717, 1.165) is 55.2 Å². The second kappa shape index (κ2) is 12.4. The van der Waals surface area contributed by atoms with Gasteiger partial charge in [0.05, 0.1) is 25.7 Å². The van der Waals surface area contributed by atoms with Gasteiger partial charge in [0.2, 0.25) is 11.8 Å². The molecule has 2 amide bonds. The number of fused-ring (bicyclic) bond motifs is 1. The lowest BCUT2D eigenvalue weighted by molar-refractivity contribution is -0.141. The Bertz CT molecular complexity index is 1200. The Morgan fingerprint density at radius 2 is 1.65 bits per heavy atom. The third-order valence-electron chi connectivity index (χ3n) is 8.58. The molecule has 2 heterocycles. The third-order valence-corrected chi connectivity index (χ3v) is 8.83. The summed E-state index contributed by atoms with van der Waals surface area (Å²) in [5.41, 5.74) is 3.05. The topological polar surface area (TPSA) is 68.3 Å². The van der Waals surface area contributed by atoms with Gasteiger partial charge in [0, 0.05) is 43.3 Å². The molecule has 2 aromatic rings. The lowest BCUT2D eigenvalue weighted by Gasteiger charge is -2.47. The smallest absolute Gasteiger partial charge is 0.228 e. The van der Waals surface area contributed by atoms with E-state index >= 15 is 0 Å². The first-order chi connectivity index (χ1) is 19.3. The SMILES string of the molecule is COc1cc2c(cc1OC(C)C)C(c1ccc(Cl)cc1)N([C@H]1CC[C@H](N(C(C)=O)C3CCOCC3)CC1)C(=O)C2. The molecule has 2 fully saturated rings. The Labute approximate surface area is 242 Å². The van der Waals surface area contributed by atoms with E-state index in [1.807, 2.05) is 44.2 Å². The molecule has 0 bridgehead atoms. The van der Waals surface area contributed by atoms with Crippen LogP contribution in [-0.4, -0.2) is 66.2 Å². The van der Waals surface area contributed by atoms with Gasteiger partial charge in [0.1, 0.15) is 0 Å². The Balaban J connectivity index is 1.46. The molecule has 216 valence electrons. The van der Waals surface area contributed by atoms with E-state index in [1.54, 1.807) is 14.0 Å². The van der Waals surface area contributed by atoms with Crippen LogP contribution < -0.4 is 9.47 Å². The van der Waals surface area contributed by atoms with Crippen molar-refractivity contribution in [3.63, 3.8) is 0 Å². The van der Waals surface area contributed by atoms with Crippen molar-refractivity contribution >= 4 is 23.4 Å². The molecule has 0 radical (unpaired) electrons. The van der Waals surface area contributed by atoms with Crippen LogP contribution in [0.4, 0.5) is 0 Å². The minimum atomic E-state index is -0.255. The molecule has 1 atom stereocenters. The number of methoxy groups -OCH3 is 1. The summed E-state index contributed by atoms with van der Waals surface area (Å²) >= 11 is 6.26. The number of benzene rings is 2. The highest BCUT2D eigenvalue weighted by molar-refractivity contribution is 6.30. The van der Waals surface area contributed by atoms with E-state index in [4.69, 9.17) is 25.8 Å². The fraction of sp³-hybridized carbons (Fsp3) is 0.562. The summed E-state index contributed by atoms with van der Waals surface area (Å²) < 4.78 is 17.3. The van der Waals surface area contributed by atoms with Gasteiger partial charge in [-0.1, -0.05) is 23.7 Å². The third kappa shape index (κ3) is 5.96. The highest BCUT2D eigenvalue weighted by Gasteiger charge is 2.41. The molecule has 0 spiro atoms. The largest absolute Gasteiger partial charge is 0.493 e. The predicted octanol–water partition coefficient (Wildman–Crippen LogP) is 5.95. The molecule has 1 saturated heterocycles. The summed E-state index contributed by atoms with van der Waals surface area (Å²) in [6.45, 7) is 7.10. The van der Waals surface area contributed by atoms with Crippen LogP contribution in [0, 0.1) is 0 Å².